The number of benzene rings is 1. The van der Waals surface area contributed by atoms with Gasteiger partial charge in [-0.25, -0.2) is 0 Å². The molecule has 0 saturated heterocycles. The average molecular weight is 277 g/mol. The summed E-state index contributed by atoms with van der Waals surface area (Å²) in [6.45, 7) is 4.13. The molecule has 1 aromatic carbocycles. The predicted octanol–water partition coefficient (Wildman–Crippen LogP) is 2.01. The third kappa shape index (κ3) is 3.95. The molecule has 106 valence electrons. The molecule has 7 nitrogen and oxygen atoms in total. The van der Waals surface area contributed by atoms with Gasteiger partial charge in [0.15, 0.2) is 0 Å². The van der Waals surface area contributed by atoms with Gasteiger partial charge in [0.25, 0.3) is 5.69 Å². The molecule has 0 spiro atoms. The second-order valence-corrected chi connectivity index (χ2v) is 4.74. The second-order valence-electron chi connectivity index (χ2n) is 4.74. The lowest BCUT2D eigenvalue weighted by atomic mass is 10.1. The van der Waals surface area contributed by atoms with Crippen LogP contribution in [0.25, 0.3) is 0 Å². The van der Waals surface area contributed by atoms with Gasteiger partial charge in [-0.05, 0) is 18.1 Å². The molecule has 1 N–H and O–H groups in total. The molecule has 7 heteroatoms. The zero-order valence-corrected chi connectivity index (χ0v) is 11.2. The highest BCUT2D eigenvalue weighted by Gasteiger charge is 2.18. The number of carboxylic acids is 1. The zero-order valence-electron chi connectivity index (χ0n) is 11.2. The highest BCUT2D eigenvalue weighted by molar-refractivity contribution is 5.74. The van der Waals surface area contributed by atoms with Gasteiger partial charge in [0.2, 0.25) is 0 Å². The Kier molecular flexibility index (Phi) is 5.03. The van der Waals surface area contributed by atoms with Crippen LogP contribution in [0.15, 0.2) is 18.2 Å². The van der Waals surface area contributed by atoms with Gasteiger partial charge in [0, 0.05) is 18.3 Å². The third-order valence-corrected chi connectivity index (χ3v) is 2.57. The Balaban J connectivity index is 3.17. The van der Waals surface area contributed by atoms with Gasteiger partial charge in [0.1, 0.15) is 18.2 Å². The maximum atomic E-state index is 10.9. The fourth-order valence-electron chi connectivity index (χ4n) is 1.83. The quantitative estimate of drug-likeness (QED) is 0.629. The lowest BCUT2D eigenvalue weighted by molar-refractivity contribution is -0.385. The number of carbonyl (C=O) groups is 1. The van der Waals surface area contributed by atoms with E-state index in [9.17, 15) is 14.9 Å². The normalized spacial score (nSPS) is 10.1. The predicted molar refractivity (Wildman–Crippen MR) is 72.5 cm³/mol. The van der Waals surface area contributed by atoms with Crippen LogP contribution in [0.4, 0.5) is 11.4 Å². The number of carboxylic acid groups (broad SMARTS) is 1. The molecule has 0 radical (unpaired) electrons. The van der Waals surface area contributed by atoms with Crippen LogP contribution in [-0.2, 0) is 4.79 Å². The first kappa shape index (κ1) is 15.4. The number of nitriles is 1. The van der Waals surface area contributed by atoms with Crippen molar-refractivity contribution < 1.29 is 14.8 Å². The van der Waals surface area contributed by atoms with E-state index < -0.39 is 10.9 Å². The third-order valence-electron chi connectivity index (χ3n) is 2.57. The van der Waals surface area contributed by atoms with E-state index in [1.165, 1.54) is 18.2 Å². The van der Waals surface area contributed by atoms with Crippen LogP contribution in [0.2, 0.25) is 0 Å². The van der Waals surface area contributed by atoms with Crippen LogP contribution in [0.5, 0.6) is 0 Å². The van der Waals surface area contributed by atoms with E-state index in [1.54, 1.807) is 11.0 Å². The minimum absolute atomic E-state index is 0.0772. The van der Waals surface area contributed by atoms with Crippen molar-refractivity contribution in [1.29, 1.82) is 5.26 Å². The Morgan fingerprint density at radius 2 is 2.20 bits per heavy atom. The van der Waals surface area contributed by atoms with Gasteiger partial charge >= 0.3 is 5.97 Å². The number of nitrogens with zero attached hydrogens (tertiary/aromatic N) is 3. The molecular formula is C13H15N3O4. The molecule has 0 atom stereocenters. The monoisotopic (exact) mass is 277 g/mol. The topological polar surface area (TPSA) is 107 Å². The van der Waals surface area contributed by atoms with Crippen LogP contribution in [0, 0.1) is 27.4 Å². The Labute approximate surface area is 116 Å². The fourth-order valence-corrected chi connectivity index (χ4v) is 1.83. The van der Waals surface area contributed by atoms with Crippen molar-refractivity contribution in [1.82, 2.24) is 0 Å². The van der Waals surface area contributed by atoms with Gasteiger partial charge < -0.3 is 10.0 Å². The summed E-state index contributed by atoms with van der Waals surface area (Å²) < 4.78 is 0. The minimum atomic E-state index is -0.998. The molecule has 1 aromatic rings. The molecule has 0 aliphatic heterocycles. The molecule has 20 heavy (non-hydrogen) atoms. The number of anilines is 1. The summed E-state index contributed by atoms with van der Waals surface area (Å²) in [5.41, 5.74) is 0.131. The first-order valence-corrected chi connectivity index (χ1v) is 6.00. The van der Waals surface area contributed by atoms with E-state index in [0.29, 0.717) is 12.2 Å². The van der Waals surface area contributed by atoms with E-state index >= 15 is 0 Å². The Morgan fingerprint density at radius 3 is 2.65 bits per heavy atom. The summed E-state index contributed by atoms with van der Waals surface area (Å²) in [6.07, 6.45) is 0. The molecule has 0 aliphatic rings. The van der Waals surface area contributed by atoms with Gasteiger partial charge in [-0.15, -0.1) is 0 Å². The summed E-state index contributed by atoms with van der Waals surface area (Å²) in [5.74, 6) is -0.780. The minimum Gasteiger partial charge on any atom is -0.480 e. The van der Waals surface area contributed by atoms with E-state index in [0.717, 1.165) is 0 Å². The average Bonchev–Trinajstić information content (AvgIpc) is 2.35. The number of rotatable bonds is 6. The molecule has 0 aromatic heterocycles. The number of nitro benzene ring substituents is 1. The van der Waals surface area contributed by atoms with Crippen molar-refractivity contribution in [2.24, 2.45) is 5.92 Å². The summed E-state index contributed by atoms with van der Waals surface area (Å²) in [5, 5.41) is 28.6. The Hall–Kier alpha value is -2.62. The van der Waals surface area contributed by atoms with Gasteiger partial charge in [0.05, 0.1) is 4.92 Å². The molecule has 0 heterocycles. The van der Waals surface area contributed by atoms with E-state index in [-0.39, 0.29) is 23.7 Å². The first-order valence-electron chi connectivity index (χ1n) is 6.00. The summed E-state index contributed by atoms with van der Waals surface area (Å²) in [7, 11) is 0. The molecule has 1 rings (SSSR count). The van der Waals surface area contributed by atoms with E-state index in [1.807, 2.05) is 13.8 Å². The molecule has 0 amide bonds. The largest absolute Gasteiger partial charge is 0.480 e. The van der Waals surface area contributed by atoms with E-state index in [4.69, 9.17) is 10.4 Å². The van der Waals surface area contributed by atoms with Crippen LogP contribution in [-0.4, -0.2) is 29.1 Å². The Morgan fingerprint density at radius 1 is 1.55 bits per heavy atom. The van der Waals surface area contributed by atoms with Gasteiger partial charge in [-0.2, -0.15) is 5.26 Å². The molecular weight excluding hydrogens is 262 g/mol. The number of aliphatic carboxylic acids is 1. The first-order chi connectivity index (χ1) is 9.35. The van der Waals surface area contributed by atoms with Crippen molar-refractivity contribution >= 4 is 17.3 Å². The molecule has 0 unspecified atom stereocenters. The highest BCUT2D eigenvalue weighted by atomic mass is 16.6. The van der Waals surface area contributed by atoms with Crippen LogP contribution >= 0.6 is 0 Å². The van der Waals surface area contributed by atoms with Gasteiger partial charge in [-0.1, -0.05) is 13.8 Å². The lowest BCUT2D eigenvalue weighted by Crippen LogP contribution is -2.33. The zero-order chi connectivity index (χ0) is 15.3. The van der Waals surface area contributed by atoms with Crippen LogP contribution in [0.3, 0.4) is 0 Å². The SMILES string of the molecule is CC(C)CN(CC(=O)O)c1ccc([N+](=O)[O-])c(C#N)c1. The van der Waals surface area contributed by atoms with Crippen molar-refractivity contribution in [2.45, 2.75) is 13.8 Å². The van der Waals surface area contributed by atoms with Crippen molar-refractivity contribution in [2.75, 3.05) is 18.0 Å². The molecule has 0 bridgehead atoms. The number of hydrogen-bond acceptors (Lipinski definition) is 5. The highest BCUT2D eigenvalue weighted by Crippen LogP contribution is 2.25. The number of nitro groups is 1. The number of hydrogen-bond donors (Lipinski definition) is 1. The summed E-state index contributed by atoms with van der Waals surface area (Å²) in [4.78, 5) is 22.6. The lowest BCUT2D eigenvalue weighted by Gasteiger charge is -2.24. The molecule has 0 fully saturated rings. The van der Waals surface area contributed by atoms with Crippen LogP contribution < -0.4 is 4.90 Å². The smallest absolute Gasteiger partial charge is 0.323 e. The fraction of sp³-hybridized carbons (Fsp3) is 0.385. The maximum Gasteiger partial charge on any atom is 0.323 e. The molecule has 0 aliphatic carbocycles. The Bertz CT molecular complexity index is 563. The van der Waals surface area contributed by atoms with E-state index in [2.05, 4.69) is 0 Å². The second kappa shape index (κ2) is 6.52. The maximum absolute atomic E-state index is 10.9. The van der Waals surface area contributed by atoms with Crippen LogP contribution in [0.1, 0.15) is 19.4 Å². The van der Waals surface area contributed by atoms with Gasteiger partial charge in [-0.3, -0.25) is 14.9 Å². The summed E-state index contributed by atoms with van der Waals surface area (Å²) >= 11 is 0. The van der Waals surface area contributed by atoms with Crippen molar-refractivity contribution in [3.8, 4) is 6.07 Å². The molecule has 0 saturated carbocycles. The standard InChI is InChI=1S/C13H15N3O4/c1-9(2)7-15(8-13(17)18)11-3-4-12(16(19)20)10(5-11)6-14/h3-5,9H,7-8H2,1-2H3,(H,17,18). The summed E-state index contributed by atoms with van der Waals surface area (Å²) in [6, 6.07) is 5.80. The van der Waals surface area contributed by atoms with Crippen molar-refractivity contribution in [3.05, 3.63) is 33.9 Å². The van der Waals surface area contributed by atoms with Crippen molar-refractivity contribution in [3.63, 3.8) is 0 Å².